The molecular weight excluding hydrogens is 651 g/mol. The molecule has 0 amide bonds. The van der Waals surface area contributed by atoms with Crippen LogP contribution in [0.5, 0.6) is 0 Å². The van der Waals surface area contributed by atoms with Crippen molar-refractivity contribution in [3.05, 3.63) is 24.3 Å². The van der Waals surface area contributed by atoms with Gasteiger partial charge in [0.15, 0.2) is 6.10 Å². The Balaban J connectivity index is 3.93. The number of carbonyl (C=O) groups is 2. The van der Waals surface area contributed by atoms with E-state index in [9.17, 15) is 14.2 Å². The number of hydrogen-bond donors (Lipinski definition) is 2. The molecule has 0 rings (SSSR count). The number of rotatable bonds is 38. The lowest BCUT2D eigenvalue weighted by Crippen LogP contribution is -2.29. The molecule has 0 saturated heterocycles. The topological polar surface area (TPSA) is 119 Å². The maximum atomic E-state index is 12.4. The Morgan fingerprint density at radius 3 is 1.22 bits per heavy atom. The third-order valence-electron chi connectivity index (χ3n) is 8.94. The summed E-state index contributed by atoms with van der Waals surface area (Å²) in [4.78, 5) is 42.8. The summed E-state index contributed by atoms with van der Waals surface area (Å²) in [5, 5.41) is 0. The maximum absolute atomic E-state index is 12.4. The Morgan fingerprint density at radius 1 is 0.500 bits per heavy atom. The van der Waals surface area contributed by atoms with Crippen LogP contribution < -0.4 is 0 Å². The van der Waals surface area contributed by atoms with Crippen molar-refractivity contribution in [1.82, 2.24) is 0 Å². The summed E-state index contributed by atoms with van der Waals surface area (Å²) >= 11 is 0. The second-order valence-electron chi connectivity index (χ2n) is 14.0. The van der Waals surface area contributed by atoms with Gasteiger partial charge in [-0.25, -0.2) is 4.57 Å². The first-order valence-corrected chi connectivity index (χ1v) is 22.2. The number of phosphoric ester groups is 1. The van der Waals surface area contributed by atoms with Crippen LogP contribution in [0.4, 0.5) is 0 Å². The first-order valence-electron chi connectivity index (χ1n) is 20.6. The van der Waals surface area contributed by atoms with Gasteiger partial charge < -0.3 is 19.3 Å². The van der Waals surface area contributed by atoms with Gasteiger partial charge in [0.1, 0.15) is 6.61 Å². The van der Waals surface area contributed by atoms with Gasteiger partial charge in [0, 0.05) is 12.8 Å². The van der Waals surface area contributed by atoms with Crippen LogP contribution in [0.25, 0.3) is 0 Å². The maximum Gasteiger partial charge on any atom is 0.469 e. The van der Waals surface area contributed by atoms with E-state index in [4.69, 9.17) is 19.3 Å². The molecule has 0 aliphatic carbocycles. The molecule has 0 aromatic heterocycles. The van der Waals surface area contributed by atoms with E-state index >= 15 is 0 Å². The van der Waals surface area contributed by atoms with Crippen molar-refractivity contribution < 1.29 is 37.9 Å². The molecule has 9 heteroatoms. The molecule has 0 aromatic carbocycles. The van der Waals surface area contributed by atoms with Gasteiger partial charge in [-0.2, -0.15) is 0 Å². The molecule has 0 aliphatic rings. The summed E-state index contributed by atoms with van der Waals surface area (Å²) in [5.74, 6) is -0.894. The van der Waals surface area contributed by atoms with Crippen molar-refractivity contribution in [3.8, 4) is 0 Å². The van der Waals surface area contributed by atoms with E-state index in [0.717, 1.165) is 57.8 Å². The normalized spacial score (nSPS) is 12.6. The highest BCUT2D eigenvalue weighted by atomic mass is 31.2. The fourth-order valence-corrected chi connectivity index (χ4v) is 6.19. The lowest BCUT2D eigenvalue weighted by molar-refractivity contribution is -0.161. The molecule has 0 heterocycles. The number of phosphoric acid groups is 1. The van der Waals surface area contributed by atoms with Crippen LogP contribution >= 0.6 is 7.82 Å². The molecule has 50 heavy (non-hydrogen) atoms. The molecule has 8 nitrogen and oxygen atoms in total. The predicted molar refractivity (Wildman–Crippen MR) is 207 cm³/mol. The Morgan fingerprint density at radius 2 is 0.840 bits per heavy atom. The molecular formula is C41H77O8P. The summed E-state index contributed by atoms with van der Waals surface area (Å²) in [6.07, 6.45) is 41.8. The Labute approximate surface area is 307 Å². The smallest absolute Gasteiger partial charge is 0.462 e. The fraction of sp³-hybridized carbons (Fsp3) is 0.854. The molecule has 0 saturated carbocycles. The molecule has 2 N–H and O–H groups in total. The zero-order chi connectivity index (χ0) is 36.8. The minimum atomic E-state index is -4.75. The van der Waals surface area contributed by atoms with Crippen LogP contribution in [0, 0.1) is 0 Å². The Hall–Kier alpha value is -1.47. The molecule has 0 fully saturated rings. The van der Waals surface area contributed by atoms with Gasteiger partial charge in [0.2, 0.25) is 0 Å². The molecule has 0 radical (unpaired) electrons. The first kappa shape index (κ1) is 48.5. The van der Waals surface area contributed by atoms with Crippen LogP contribution in [0.2, 0.25) is 0 Å². The predicted octanol–water partition coefficient (Wildman–Crippen LogP) is 12.4. The zero-order valence-electron chi connectivity index (χ0n) is 32.3. The van der Waals surface area contributed by atoms with Crippen LogP contribution in [-0.2, 0) is 28.2 Å². The second-order valence-corrected chi connectivity index (χ2v) is 15.2. The third-order valence-corrected chi connectivity index (χ3v) is 9.43. The average Bonchev–Trinajstić information content (AvgIpc) is 3.08. The zero-order valence-corrected chi connectivity index (χ0v) is 33.2. The highest BCUT2D eigenvalue weighted by molar-refractivity contribution is 7.46. The highest BCUT2D eigenvalue weighted by Gasteiger charge is 2.22. The van der Waals surface area contributed by atoms with Crippen LogP contribution in [-0.4, -0.2) is 41.0 Å². The van der Waals surface area contributed by atoms with Gasteiger partial charge >= 0.3 is 19.8 Å². The summed E-state index contributed by atoms with van der Waals surface area (Å²) < 4.78 is 26.4. The molecule has 294 valence electrons. The summed E-state index contributed by atoms with van der Waals surface area (Å²) in [5.41, 5.74) is 0. The summed E-state index contributed by atoms with van der Waals surface area (Å²) in [7, 11) is -4.75. The number of esters is 2. The monoisotopic (exact) mass is 729 g/mol. The van der Waals surface area contributed by atoms with Gasteiger partial charge in [0.05, 0.1) is 6.61 Å². The lowest BCUT2D eigenvalue weighted by Gasteiger charge is -2.18. The average molecular weight is 729 g/mol. The number of carbonyl (C=O) groups excluding carboxylic acids is 2. The van der Waals surface area contributed by atoms with Gasteiger partial charge in [-0.3, -0.25) is 14.1 Å². The van der Waals surface area contributed by atoms with E-state index in [2.05, 4.69) is 42.7 Å². The standard InChI is InChI=1S/C41H77O8P/c1-3-5-7-9-11-13-15-17-19-20-22-24-26-28-30-32-34-36-41(43)49-39(38-48-50(44,45)46)37-47-40(42)35-33-31-29-27-25-23-21-18-16-14-12-10-8-6-4-2/h17-19,21,39H,3-16,20,22-38H2,1-2H3,(H2,44,45,46)/b19-17-,21-18-. The second kappa shape index (κ2) is 37.3. The quantitative estimate of drug-likeness (QED) is 0.0279. The van der Waals surface area contributed by atoms with Crippen LogP contribution in [0.1, 0.15) is 206 Å². The van der Waals surface area contributed by atoms with Crippen LogP contribution in [0.3, 0.4) is 0 Å². The van der Waals surface area contributed by atoms with Gasteiger partial charge in [-0.05, 0) is 64.2 Å². The Kier molecular flexibility index (Phi) is 36.2. The van der Waals surface area contributed by atoms with E-state index < -0.39 is 32.5 Å². The molecule has 0 spiro atoms. The van der Waals surface area contributed by atoms with Gasteiger partial charge in [-0.15, -0.1) is 0 Å². The summed E-state index contributed by atoms with van der Waals surface area (Å²) in [6.45, 7) is 3.67. The Bertz CT molecular complexity index is 869. The minimum absolute atomic E-state index is 0.207. The molecule has 0 aliphatic heterocycles. The van der Waals surface area contributed by atoms with E-state index in [-0.39, 0.29) is 19.4 Å². The molecule has 0 bridgehead atoms. The molecule has 0 aromatic rings. The van der Waals surface area contributed by atoms with E-state index in [0.29, 0.717) is 12.8 Å². The minimum Gasteiger partial charge on any atom is -0.462 e. The number of hydrogen-bond acceptors (Lipinski definition) is 6. The fourth-order valence-electron chi connectivity index (χ4n) is 5.83. The van der Waals surface area contributed by atoms with E-state index in [1.807, 2.05) is 0 Å². The SMILES string of the molecule is CCCCCCCC/C=C\CCCCCCCCCC(=O)OC(COC(=O)CCCCCCC/C=C\CCCCCCCC)COP(=O)(O)O. The van der Waals surface area contributed by atoms with Crippen molar-refractivity contribution in [1.29, 1.82) is 0 Å². The first-order chi connectivity index (χ1) is 24.3. The number of allylic oxidation sites excluding steroid dienone is 4. The number of unbranched alkanes of at least 4 members (excludes halogenated alkanes) is 24. The van der Waals surface area contributed by atoms with Gasteiger partial charge in [-0.1, -0.05) is 154 Å². The molecule has 1 atom stereocenters. The van der Waals surface area contributed by atoms with E-state index in [1.165, 1.54) is 109 Å². The van der Waals surface area contributed by atoms with Gasteiger partial charge in [0.25, 0.3) is 0 Å². The van der Waals surface area contributed by atoms with E-state index in [1.54, 1.807) is 0 Å². The largest absolute Gasteiger partial charge is 0.469 e. The number of ether oxygens (including phenoxy) is 2. The highest BCUT2D eigenvalue weighted by Crippen LogP contribution is 2.36. The lowest BCUT2D eigenvalue weighted by atomic mass is 10.1. The summed E-state index contributed by atoms with van der Waals surface area (Å²) in [6, 6.07) is 0. The van der Waals surface area contributed by atoms with Crippen molar-refractivity contribution >= 4 is 19.8 Å². The third kappa shape index (κ3) is 39.3. The van der Waals surface area contributed by atoms with Crippen molar-refractivity contribution in [2.75, 3.05) is 13.2 Å². The van der Waals surface area contributed by atoms with Crippen molar-refractivity contribution in [3.63, 3.8) is 0 Å². The van der Waals surface area contributed by atoms with Crippen LogP contribution in [0.15, 0.2) is 24.3 Å². The molecule has 1 unspecified atom stereocenters. The van der Waals surface area contributed by atoms with Crippen molar-refractivity contribution in [2.24, 2.45) is 0 Å². The van der Waals surface area contributed by atoms with Crippen molar-refractivity contribution in [2.45, 2.75) is 213 Å².